The molecule has 1 aromatic heterocycles. The van der Waals surface area contributed by atoms with E-state index in [0.717, 1.165) is 12.0 Å². The fraction of sp³-hybridized carbons (Fsp3) is 0.348. The molecule has 1 atom stereocenters. The van der Waals surface area contributed by atoms with Crippen molar-refractivity contribution in [2.75, 3.05) is 20.2 Å². The van der Waals surface area contributed by atoms with E-state index in [1.807, 2.05) is 36.1 Å². The van der Waals surface area contributed by atoms with E-state index in [9.17, 15) is 9.59 Å². The van der Waals surface area contributed by atoms with Crippen molar-refractivity contribution >= 4 is 5.91 Å². The topological polar surface area (TPSA) is 80.2 Å². The summed E-state index contributed by atoms with van der Waals surface area (Å²) in [5.41, 5.74) is 1.17. The summed E-state index contributed by atoms with van der Waals surface area (Å²) in [4.78, 5) is 26.2. The van der Waals surface area contributed by atoms with Crippen molar-refractivity contribution in [2.45, 2.75) is 26.2 Å². The molecule has 8 heteroatoms. The minimum Gasteiger partial charge on any atom is -0.497 e. The highest BCUT2D eigenvalue weighted by atomic mass is 19.1. The molecule has 0 spiro atoms. The second kappa shape index (κ2) is 8.75. The highest BCUT2D eigenvalue weighted by Crippen LogP contribution is 2.27. The Labute approximate surface area is 179 Å². The molecule has 4 rings (SSSR count). The van der Waals surface area contributed by atoms with Crippen molar-refractivity contribution in [3.8, 4) is 22.6 Å². The molecule has 7 nitrogen and oxygen atoms in total. The van der Waals surface area contributed by atoms with Gasteiger partial charge in [0.2, 0.25) is 5.91 Å². The maximum atomic E-state index is 15.1. The Bertz CT molecular complexity index is 1150. The van der Waals surface area contributed by atoms with Gasteiger partial charge in [0, 0.05) is 25.9 Å². The number of likely N-dealkylation sites (tertiary alicyclic amines) is 1. The minimum absolute atomic E-state index is 0.126. The zero-order chi connectivity index (χ0) is 22.0. The molecule has 1 fully saturated rings. The number of halogens is 1. The number of aromatic amines is 1. The normalized spacial score (nSPS) is 16.0. The van der Waals surface area contributed by atoms with Gasteiger partial charge in [-0.3, -0.25) is 4.79 Å². The van der Waals surface area contributed by atoms with E-state index in [2.05, 4.69) is 10.2 Å². The number of hydrogen-bond donors (Lipinski definition) is 1. The number of carbonyl (C=O) groups is 1. The molecule has 1 N–H and O–H groups in total. The molecule has 31 heavy (non-hydrogen) atoms. The second-order valence-electron chi connectivity index (χ2n) is 7.73. The van der Waals surface area contributed by atoms with Gasteiger partial charge in [0.05, 0.1) is 12.8 Å². The van der Waals surface area contributed by atoms with Gasteiger partial charge in [-0.2, -0.15) is 5.10 Å². The molecule has 1 aliphatic heterocycles. The molecule has 1 saturated heterocycles. The van der Waals surface area contributed by atoms with Gasteiger partial charge in [0.15, 0.2) is 0 Å². The summed E-state index contributed by atoms with van der Waals surface area (Å²) in [6, 6.07) is 12.1. The number of nitrogens with one attached hydrogen (secondary N) is 1. The van der Waals surface area contributed by atoms with E-state index in [4.69, 9.17) is 4.74 Å². The fourth-order valence-electron chi connectivity index (χ4n) is 4.09. The quantitative estimate of drug-likeness (QED) is 0.659. The lowest BCUT2D eigenvalue weighted by molar-refractivity contribution is -0.129. The van der Waals surface area contributed by atoms with Crippen LogP contribution in [0, 0.1) is 11.7 Å². The van der Waals surface area contributed by atoms with Gasteiger partial charge in [-0.05, 0) is 47.7 Å². The standard InChI is InChI=1S/C23H25FN4O3/c1-3-22(29)27-10-9-15(14-27)11-21-25-26-23(30)28(21)20-8-7-17(13-19(20)24)16-5-4-6-18(12-16)31-2/h4-8,12-13,15H,3,9-11,14H2,1-2H3,(H,26,30). The molecule has 0 radical (unpaired) electrons. The van der Waals surface area contributed by atoms with Crippen LogP contribution in [0.1, 0.15) is 25.6 Å². The number of benzene rings is 2. The molecule has 0 saturated carbocycles. The molecule has 3 aromatic rings. The van der Waals surface area contributed by atoms with E-state index in [0.29, 0.717) is 43.1 Å². The molecule has 2 aromatic carbocycles. The summed E-state index contributed by atoms with van der Waals surface area (Å²) < 4.78 is 21.6. The van der Waals surface area contributed by atoms with Crippen molar-refractivity contribution in [1.82, 2.24) is 19.7 Å². The Morgan fingerprint density at radius 2 is 2.06 bits per heavy atom. The van der Waals surface area contributed by atoms with Gasteiger partial charge in [0.25, 0.3) is 0 Å². The van der Waals surface area contributed by atoms with E-state index in [1.54, 1.807) is 19.2 Å². The third kappa shape index (κ3) is 4.23. The first kappa shape index (κ1) is 20.8. The molecule has 1 amide bonds. The third-order valence-electron chi connectivity index (χ3n) is 5.75. The summed E-state index contributed by atoms with van der Waals surface area (Å²) in [5, 5.41) is 6.57. The molecule has 0 aliphatic carbocycles. The van der Waals surface area contributed by atoms with Crippen LogP contribution in [0.3, 0.4) is 0 Å². The monoisotopic (exact) mass is 424 g/mol. The molecule has 0 bridgehead atoms. The Kier molecular flexibility index (Phi) is 5.88. The fourth-order valence-corrected chi connectivity index (χ4v) is 4.09. The van der Waals surface area contributed by atoms with Gasteiger partial charge in [0.1, 0.15) is 17.4 Å². The number of hydrogen-bond acceptors (Lipinski definition) is 4. The molecule has 162 valence electrons. The van der Waals surface area contributed by atoms with Gasteiger partial charge >= 0.3 is 5.69 Å². The summed E-state index contributed by atoms with van der Waals surface area (Å²) in [6.45, 7) is 3.18. The van der Waals surface area contributed by atoms with E-state index >= 15 is 4.39 Å². The number of aromatic nitrogens is 3. The predicted molar refractivity (Wildman–Crippen MR) is 115 cm³/mol. The van der Waals surface area contributed by atoms with Crippen LogP contribution < -0.4 is 10.4 Å². The molecule has 1 unspecified atom stereocenters. The molecular weight excluding hydrogens is 399 g/mol. The maximum absolute atomic E-state index is 15.1. The Balaban J connectivity index is 1.60. The maximum Gasteiger partial charge on any atom is 0.348 e. The number of methoxy groups -OCH3 is 1. The van der Waals surface area contributed by atoms with E-state index < -0.39 is 11.5 Å². The lowest BCUT2D eigenvalue weighted by Gasteiger charge is -2.15. The summed E-state index contributed by atoms with van der Waals surface area (Å²) >= 11 is 0. The van der Waals surface area contributed by atoms with Crippen LogP contribution in [0.4, 0.5) is 4.39 Å². The van der Waals surface area contributed by atoms with Crippen LogP contribution in [0.25, 0.3) is 16.8 Å². The van der Waals surface area contributed by atoms with Crippen molar-refractivity contribution < 1.29 is 13.9 Å². The second-order valence-corrected chi connectivity index (χ2v) is 7.73. The first-order chi connectivity index (χ1) is 15.0. The Morgan fingerprint density at radius 3 is 2.81 bits per heavy atom. The van der Waals surface area contributed by atoms with Gasteiger partial charge in [-0.1, -0.05) is 25.1 Å². The molecule has 1 aliphatic rings. The van der Waals surface area contributed by atoms with Crippen LogP contribution in [-0.4, -0.2) is 45.8 Å². The Morgan fingerprint density at radius 1 is 1.26 bits per heavy atom. The highest BCUT2D eigenvalue weighted by molar-refractivity contribution is 5.76. The number of ether oxygens (including phenoxy) is 1. The van der Waals surface area contributed by atoms with Crippen LogP contribution >= 0.6 is 0 Å². The first-order valence-corrected chi connectivity index (χ1v) is 10.4. The number of rotatable bonds is 6. The van der Waals surface area contributed by atoms with Crippen LogP contribution in [0.15, 0.2) is 47.3 Å². The summed E-state index contributed by atoms with van der Waals surface area (Å²) in [6.07, 6.45) is 1.80. The first-order valence-electron chi connectivity index (χ1n) is 10.4. The van der Waals surface area contributed by atoms with E-state index in [1.165, 1.54) is 10.6 Å². The Hall–Kier alpha value is -3.42. The van der Waals surface area contributed by atoms with Crippen LogP contribution in [-0.2, 0) is 11.2 Å². The van der Waals surface area contributed by atoms with Crippen LogP contribution in [0.2, 0.25) is 0 Å². The van der Waals surface area contributed by atoms with Crippen molar-refractivity contribution in [1.29, 1.82) is 0 Å². The summed E-state index contributed by atoms with van der Waals surface area (Å²) in [5.74, 6) is 0.945. The largest absolute Gasteiger partial charge is 0.497 e. The molecule has 2 heterocycles. The number of H-pyrrole nitrogens is 1. The van der Waals surface area contributed by atoms with Crippen molar-refractivity contribution in [3.63, 3.8) is 0 Å². The van der Waals surface area contributed by atoms with Gasteiger partial charge in [-0.15, -0.1) is 0 Å². The van der Waals surface area contributed by atoms with Crippen molar-refractivity contribution in [3.05, 3.63) is 64.6 Å². The minimum atomic E-state index is -0.515. The van der Waals surface area contributed by atoms with Gasteiger partial charge in [-0.25, -0.2) is 18.9 Å². The van der Waals surface area contributed by atoms with Gasteiger partial charge < -0.3 is 9.64 Å². The SMILES string of the molecule is CCC(=O)N1CCC(Cc2n[nH]c(=O)n2-c2ccc(-c3cccc(OC)c3)cc2F)C1. The third-order valence-corrected chi connectivity index (χ3v) is 5.75. The average Bonchev–Trinajstić information content (AvgIpc) is 3.40. The number of amides is 1. The molecular formula is C23H25FN4O3. The van der Waals surface area contributed by atoms with Crippen molar-refractivity contribution in [2.24, 2.45) is 5.92 Å². The highest BCUT2D eigenvalue weighted by Gasteiger charge is 2.27. The van der Waals surface area contributed by atoms with Crippen LogP contribution in [0.5, 0.6) is 5.75 Å². The summed E-state index contributed by atoms with van der Waals surface area (Å²) in [7, 11) is 1.58. The lowest BCUT2D eigenvalue weighted by Crippen LogP contribution is -2.28. The zero-order valence-corrected chi connectivity index (χ0v) is 17.6. The predicted octanol–water partition coefficient (Wildman–Crippen LogP) is 3.18. The number of nitrogens with zero attached hydrogens (tertiary/aromatic N) is 3. The number of carbonyl (C=O) groups excluding carboxylic acids is 1. The van der Waals surface area contributed by atoms with E-state index in [-0.39, 0.29) is 17.5 Å². The smallest absolute Gasteiger partial charge is 0.348 e. The zero-order valence-electron chi connectivity index (χ0n) is 17.6. The average molecular weight is 424 g/mol. The lowest BCUT2D eigenvalue weighted by atomic mass is 10.0.